The number of aromatic nitrogens is 1. The molecule has 4 aliphatic rings. The highest BCUT2D eigenvalue weighted by atomic mass is 16.2. The minimum atomic E-state index is -0.679. The highest BCUT2D eigenvalue weighted by Gasteiger charge is 2.47. The summed E-state index contributed by atoms with van der Waals surface area (Å²) in [7, 11) is 0. The summed E-state index contributed by atoms with van der Waals surface area (Å²) in [4.78, 5) is 42.6. The first-order valence-corrected chi connectivity index (χ1v) is 12.1. The first-order valence-electron chi connectivity index (χ1n) is 12.1. The molecule has 3 amide bonds. The Morgan fingerprint density at radius 3 is 2.50 bits per heavy atom. The molecule has 3 aliphatic heterocycles. The van der Waals surface area contributed by atoms with Crippen LogP contribution in [0.1, 0.15) is 73.3 Å². The lowest BCUT2D eigenvalue weighted by Crippen LogP contribution is -2.55. The topological polar surface area (TPSA) is 103 Å². The van der Waals surface area contributed by atoms with E-state index in [9.17, 15) is 14.4 Å². The van der Waals surface area contributed by atoms with E-state index in [1.165, 1.54) is 44.3 Å². The van der Waals surface area contributed by atoms with Crippen LogP contribution in [0.4, 0.5) is 0 Å². The molecule has 8 heteroatoms. The van der Waals surface area contributed by atoms with Crippen molar-refractivity contribution < 1.29 is 14.4 Å². The maximum absolute atomic E-state index is 12.5. The molecule has 5 rings (SSSR count). The SMILES string of the molecule is O=C1CCC(NC(=O)c2ccc(C3CCN(C4CC5(CCNCC5)C4)CC3)cn2)C(=O)N1. The molecule has 1 unspecified atom stereocenters. The van der Waals surface area contributed by atoms with Crippen molar-refractivity contribution >= 4 is 17.7 Å². The van der Waals surface area contributed by atoms with Crippen LogP contribution >= 0.6 is 0 Å². The summed E-state index contributed by atoms with van der Waals surface area (Å²) in [6, 6.07) is 3.84. The van der Waals surface area contributed by atoms with Crippen molar-refractivity contribution in [3.8, 4) is 0 Å². The zero-order chi connectivity index (χ0) is 22.1. The lowest BCUT2D eigenvalue weighted by molar-refractivity contribution is -0.134. The van der Waals surface area contributed by atoms with Gasteiger partial charge in [-0.05, 0) is 94.1 Å². The summed E-state index contributed by atoms with van der Waals surface area (Å²) < 4.78 is 0. The molecule has 0 bridgehead atoms. The number of hydrogen-bond acceptors (Lipinski definition) is 6. The van der Waals surface area contributed by atoms with Crippen LogP contribution in [-0.2, 0) is 9.59 Å². The number of nitrogens with one attached hydrogen (secondary N) is 3. The second-order valence-corrected chi connectivity index (χ2v) is 10.1. The third-order valence-corrected chi connectivity index (χ3v) is 8.08. The predicted octanol–water partition coefficient (Wildman–Crippen LogP) is 1.33. The van der Waals surface area contributed by atoms with E-state index in [1.54, 1.807) is 6.07 Å². The van der Waals surface area contributed by atoms with Crippen LogP contribution in [0.5, 0.6) is 0 Å². The molecule has 8 nitrogen and oxygen atoms in total. The Morgan fingerprint density at radius 1 is 1.09 bits per heavy atom. The van der Waals surface area contributed by atoms with Gasteiger partial charge in [0.15, 0.2) is 0 Å². The molecule has 1 atom stereocenters. The molecule has 4 heterocycles. The number of hydrogen-bond donors (Lipinski definition) is 3. The summed E-state index contributed by atoms with van der Waals surface area (Å²) in [5.41, 5.74) is 2.12. The van der Waals surface area contributed by atoms with E-state index in [1.807, 2.05) is 12.3 Å². The van der Waals surface area contributed by atoms with Gasteiger partial charge in [0.05, 0.1) is 0 Å². The molecule has 3 N–H and O–H groups in total. The van der Waals surface area contributed by atoms with Gasteiger partial charge in [-0.15, -0.1) is 0 Å². The van der Waals surface area contributed by atoms with E-state index >= 15 is 0 Å². The highest BCUT2D eigenvalue weighted by molar-refractivity contribution is 6.03. The lowest BCUT2D eigenvalue weighted by atomic mass is 9.60. The standard InChI is InChI=1S/C24H33N5O3/c30-21-4-3-20(23(32)28-21)27-22(31)19-2-1-17(15-26-19)16-5-11-29(12-6-16)18-13-24(14-18)7-9-25-10-8-24/h1-2,15-16,18,20,25H,3-14H2,(H,27,31)(H,28,30,32). The molecule has 1 spiro atoms. The average molecular weight is 440 g/mol. The molecule has 0 aromatic carbocycles. The van der Waals surface area contributed by atoms with Crippen molar-refractivity contribution in [3.63, 3.8) is 0 Å². The van der Waals surface area contributed by atoms with Crippen LogP contribution in [0.2, 0.25) is 0 Å². The number of piperidine rings is 3. The molecule has 4 fully saturated rings. The van der Waals surface area contributed by atoms with Crippen LogP contribution in [0.25, 0.3) is 0 Å². The summed E-state index contributed by atoms with van der Waals surface area (Å²) >= 11 is 0. The molecule has 172 valence electrons. The van der Waals surface area contributed by atoms with E-state index in [4.69, 9.17) is 0 Å². The Hall–Kier alpha value is -2.32. The van der Waals surface area contributed by atoms with Gasteiger partial charge in [0.2, 0.25) is 11.8 Å². The Balaban J connectivity index is 1.10. The van der Waals surface area contributed by atoms with Crippen molar-refractivity contribution in [2.75, 3.05) is 26.2 Å². The van der Waals surface area contributed by atoms with E-state index in [0.29, 0.717) is 23.4 Å². The number of carbonyl (C=O) groups is 3. The smallest absolute Gasteiger partial charge is 0.270 e. The Labute approximate surface area is 188 Å². The summed E-state index contributed by atoms with van der Waals surface area (Å²) in [6.45, 7) is 4.65. The molecule has 0 radical (unpaired) electrons. The molecule has 1 saturated carbocycles. The second-order valence-electron chi connectivity index (χ2n) is 10.1. The molecule has 32 heavy (non-hydrogen) atoms. The number of nitrogens with zero attached hydrogens (tertiary/aromatic N) is 2. The fourth-order valence-corrected chi connectivity index (χ4v) is 6.01. The number of amides is 3. The van der Waals surface area contributed by atoms with Crippen LogP contribution in [0.15, 0.2) is 18.3 Å². The molecular formula is C24H33N5O3. The fraction of sp³-hybridized carbons (Fsp3) is 0.667. The third kappa shape index (κ3) is 4.43. The third-order valence-electron chi connectivity index (χ3n) is 8.08. The highest BCUT2D eigenvalue weighted by Crippen LogP contribution is 2.50. The Bertz CT molecular complexity index is 864. The second kappa shape index (κ2) is 8.90. The minimum Gasteiger partial charge on any atom is -0.339 e. The Kier molecular flexibility index (Phi) is 5.99. The fourth-order valence-electron chi connectivity index (χ4n) is 6.01. The van der Waals surface area contributed by atoms with Gasteiger partial charge in [0.1, 0.15) is 11.7 Å². The van der Waals surface area contributed by atoms with Gasteiger partial charge in [-0.2, -0.15) is 0 Å². The number of likely N-dealkylation sites (tertiary alicyclic amines) is 1. The quantitative estimate of drug-likeness (QED) is 0.612. The van der Waals surface area contributed by atoms with Crippen LogP contribution < -0.4 is 16.0 Å². The average Bonchev–Trinajstić information content (AvgIpc) is 2.80. The van der Waals surface area contributed by atoms with Crippen molar-refractivity contribution in [1.82, 2.24) is 25.8 Å². The zero-order valence-corrected chi connectivity index (χ0v) is 18.6. The van der Waals surface area contributed by atoms with Crippen molar-refractivity contribution in [3.05, 3.63) is 29.6 Å². The number of imide groups is 1. The number of carbonyl (C=O) groups excluding carboxylic acids is 3. The Morgan fingerprint density at radius 2 is 1.84 bits per heavy atom. The van der Waals surface area contributed by atoms with Crippen LogP contribution in [-0.4, -0.2) is 65.9 Å². The summed E-state index contributed by atoms with van der Waals surface area (Å²) in [6.07, 6.45) is 10.1. The molecule has 1 aliphatic carbocycles. The molecule has 3 saturated heterocycles. The van der Waals surface area contributed by atoms with Crippen molar-refractivity contribution in [1.29, 1.82) is 0 Å². The lowest BCUT2D eigenvalue weighted by Gasteiger charge is -2.55. The number of rotatable bonds is 4. The summed E-state index contributed by atoms with van der Waals surface area (Å²) in [5.74, 6) is -0.635. The van der Waals surface area contributed by atoms with Gasteiger partial charge in [-0.3, -0.25) is 24.7 Å². The monoisotopic (exact) mass is 439 g/mol. The van der Waals surface area contributed by atoms with Crippen molar-refractivity contribution in [2.24, 2.45) is 5.41 Å². The van der Waals surface area contributed by atoms with Gasteiger partial charge in [0, 0.05) is 18.7 Å². The van der Waals surface area contributed by atoms with Gasteiger partial charge in [0.25, 0.3) is 5.91 Å². The number of pyridine rings is 1. The van der Waals surface area contributed by atoms with Gasteiger partial charge >= 0.3 is 0 Å². The minimum absolute atomic E-state index is 0.237. The molecular weight excluding hydrogens is 406 g/mol. The largest absolute Gasteiger partial charge is 0.339 e. The van der Waals surface area contributed by atoms with E-state index < -0.39 is 11.9 Å². The maximum Gasteiger partial charge on any atom is 0.270 e. The van der Waals surface area contributed by atoms with E-state index in [2.05, 4.69) is 25.8 Å². The van der Waals surface area contributed by atoms with E-state index in [0.717, 1.165) is 32.0 Å². The van der Waals surface area contributed by atoms with Gasteiger partial charge < -0.3 is 15.5 Å². The van der Waals surface area contributed by atoms with Crippen molar-refractivity contribution in [2.45, 2.75) is 69.4 Å². The van der Waals surface area contributed by atoms with Crippen LogP contribution in [0, 0.1) is 5.41 Å². The maximum atomic E-state index is 12.5. The molecule has 1 aromatic heterocycles. The van der Waals surface area contributed by atoms with E-state index in [-0.39, 0.29) is 18.2 Å². The van der Waals surface area contributed by atoms with Crippen LogP contribution in [0.3, 0.4) is 0 Å². The first-order chi connectivity index (χ1) is 15.5. The van der Waals surface area contributed by atoms with Gasteiger partial charge in [-0.25, -0.2) is 0 Å². The first kappa shape index (κ1) is 21.5. The molecule has 1 aromatic rings. The normalized spacial score (nSPS) is 27.1. The zero-order valence-electron chi connectivity index (χ0n) is 18.6. The van der Waals surface area contributed by atoms with Gasteiger partial charge in [-0.1, -0.05) is 6.07 Å². The predicted molar refractivity (Wildman–Crippen MR) is 119 cm³/mol. The summed E-state index contributed by atoms with van der Waals surface area (Å²) in [5, 5.41) is 8.43.